The van der Waals surface area contributed by atoms with Crippen LogP contribution >= 0.6 is 22.9 Å². The van der Waals surface area contributed by atoms with Gasteiger partial charge in [-0.05, 0) is 66.9 Å². The molecule has 0 saturated heterocycles. The molecule has 0 aliphatic heterocycles. The Bertz CT molecular complexity index is 1010. The zero-order chi connectivity index (χ0) is 21.1. The summed E-state index contributed by atoms with van der Waals surface area (Å²) in [7, 11) is 0. The Hall–Kier alpha value is -2.58. The minimum atomic E-state index is -0.764. The van der Waals surface area contributed by atoms with Crippen molar-refractivity contribution in [2.45, 2.75) is 51.6 Å². The number of aromatic nitrogens is 2. The van der Waals surface area contributed by atoms with Crippen molar-refractivity contribution in [3.63, 3.8) is 0 Å². The second-order valence-electron chi connectivity index (χ2n) is 7.59. The summed E-state index contributed by atoms with van der Waals surface area (Å²) in [6, 6.07) is 9.03. The van der Waals surface area contributed by atoms with E-state index in [2.05, 4.69) is 14.9 Å². The molecule has 2 amide bonds. The monoisotopic (exact) mass is 440 g/mol. The highest BCUT2D eigenvalue weighted by Gasteiger charge is 2.37. The first-order chi connectivity index (χ1) is 14.6. The van der Waals surface area contributed by atoms with Gasteiger partial charge in [-0.3, -0.25) is 14.5 Å². The molecule has 1 aliphatic carbocycles. The van der Waals surface area contributed by atoms with Crippen LogP contribution < -0.4 is 10.2 Å². The molecule has 1 saturated carbocycles. The summed E-state index contributed by atoms with van der Waals surface area (Å²) in [4.78, 5) is 29.6. The van der Waals surface area contributed by atoms with Crippen LogP contribution in [0.4, 0.5) is 5.69 Å². The number of nitrogens with zero attached hydrogens (tertiary/aromatic N) is 3. The van der Waals surface area contributed by atoms with E-state index in [0.29, 0.717) is 5.69 Å². The van der Waals surface area contributed by atoms with Crippen LogP contribution in [0.5, 0.6) is 0 Å². The SMILES string of the molecule is Cc1cccc(N(C(=O)c2csnn2)[C@H](C(=O)NC2CCCC2)c2cccs2)c1C. The highest BCUT2D eigenvalue weighted by atomic mass is 32.1. The van der Waals surface area contributed by atoms with Gasteiger partial charge in [0.1, 0.15) is 0 Å². The first kappa shape index (κ1) is 20.7. The van der Waals surface area contributed by atoms with Gasteiger partial charge in [0.25, 0.3) is 5.91 Å². The minimum Gasteiger partial charge on any atom is -0.351 e. The van der Waals surface area contributed by atoms with Crippen LogP contribution in [0.2, 0.25) is 0 Å². The predicted octanol–water partition coefficient (Wildman–Crippen LogP) is 4.66. The summed E-state index contributed by atoms with van der Waals surface area (Å²) < 4.78 is 3.86. The number of rotatable bonds is 6. The standard InChI is InChI=1S/C22H24N4O2S2/c1-14-7-5-10-18(15(14)2)26(22(28)17-13-30-25-24-17)20(19-11-6-12-29-19)21(27)23-16-8-3-4-9-16/h5-7,10-13,16,20H,3-4,8-9H2,1-2H3,(H,23,27)/t20-/m0/s1. The zero-order valence-corrected chi connectivity index (χ0v) is 18.6. The molecule has 2 aromatic heterocycles. The van der Waals surface area contributed by atoms with Crippen molar-refractivity contribution >= 4 is 40.4 Å². The van der Waals surface area contributed by atoms with Gasteiger partial charge in [0.2, 0.25) is 5.91 Å². The second kappa shape index (κ2) is 9.06. The van der Waals surface area contributed by atoms with Crippen molar-refractivity contribution < 1.29 is 9.59 Å². The summed E-state index contributed by atoms with van der Waals surface area (Å²) in [5.41, 5.74) is 2.98. The molecule has 4 rings (SSSR count). The molecule has 0 radical (unpaired) electrons. The van der Waals surface area contributed by atoms with E-state index in [9.17, 15) is 9.59 Å². The minimum absolute atomic E-state index is 0.151. The van der Waals surface area contributed by atoms with Crippen molar-refractivity contribution in [2.75, 3.05) is 4.90 Å². The average Bonchev–Trinajstić information content (AvgIpc) is 3.51. The van der Waals surface area contributed by atoms with Gasteiger partial charge in [-0.2, -0.15) is 0 Å². The molecular weight excluding hydrogens is 416 g/mol. The number of amides is 2. The van der Waals surface area contributed by atoms with Crippen molar-refractivity contribution in [1.82, 2.24) is 14.9 Å². The number of hydrogen-bond acceptors (Lipinski definition) is 6. The van der Waals surface area contributed by atoms with Gasteiger partial charge in [0.05, 0.1) is 0 Å². The first-order valence-corrected chi connectivity index (χ1v) is 11.8. The summed E-state index contributed by atoms with van der Waals surface area (Å²) in [5, 5.41) is 10.7. The average molecular weight is 441 g/mol. The van der Waals surface area contributed by atoms with Crippen LogP contribution in [0.3, 0.4) is 0 Å². The molecule has 0 bridgehead atoms. The molecule has 1 N–H and O–H groups in total. The summed E-state index contributed by atoms with van der Waals surface area (Å²) in [6.45, 7) is 3.98. The number of hydrogen-bond donors (Lipinski definition) is 1. The van der Waals surface area contributed by atoms with E-state index in [-0.39, 0.29) is 23.6 Å². The topological polar surface area (TPSA) is 75.2 Å². The molecule has 30 heavy (non-hydrogen) atoms. The number of carbonyl (C=O) groups is 2. The molecule has 6 nitrogen and oxygen atoms in total. The van der Waals surface area contributed by atoms with Crippen molar-refractivity contribution in [3.05, 3.63) is 62.8 Å². The predicted molar refractivity (Wildman–Crippen MR) is 120 cm³/mol. The zero-order valence-electron chi connectivity index (χ0n) is 17.0. The fourth-order valence-corrected chi connectivity index (χ4v) is 5.16. The lowest BCUT2D eigenvalue weighted by atomic mass is 10.0. The maximum absolute atomic E-state index is 13.6. The van der Waals surface area contributed by atoms with Crippen LogP contribution in [-0.4, -0.2) is 27.4 Å². The smallest absolute Gasteiger partial charge is 0.280 e. The van der Waals surface area contributed by atoms with Gasteiger partial charge < -0.3 is 5.32 Å². The third-order valence-corrected chi connectivity index (χ3v) is 7.08. The van der Waals surface area contributed by atoms with E-state index in [1.54, 1.807) is 10.3 Å². The van der Waals surface area contributed by atoms with Crippen LogP contribution in [0, 0.1) is 13.8 Å². The van der Waals surface area contributed by atoms with Gasteiger partial charge in [0.15, 0.2) is 11.7 Å². The molecule has 1 fully saturated rings. The molecule has 1 aliphatic rings. The maximum Gasteiger partial charge on any atom is 0.280 e. The normalized spacial score (nSPS) is 15.1. The molecule has 1 atom stereocenters. The Balaban J connectivity index is 1.81. The first-order valence-electron chi connectivity index (χ1n) is 10.1. The van der Waals surface area contributed by atoms with Crippen LogP contribution in [-0.2, 0) is 4.79 Å². The third-order valence-electron chi connectivity index (χ3n) is 5.65. The number of anilines is 1. The van der Waals surface area contributed by atoms with Gasteiger partial charge >= 0.3 is 0 Å². The highest BCUT2D eigenvalue weighted by molar-refractivity contribution is 7.10. The second-order valence-corrected chi connectivity index (χ2v) is 9.18. The van der Waals surface area contributed by atoms with Gasteiger partial charge in [-0.25, -0.2) is 0 Å². The van der Waals surface area contributed by atoms with Crippen molar-refractivity contribution in [3.8, 4) is 0 Å². The molecular formula is C22H24N4O2S2. The number of aryl methyl sites for hydroxylation is 1. The molecule has 1 aromatic carbocycles. The lowest BCUT2D eigenvalue weighted by Gasteiger charge is -2.32. The summed E-state index contributed by atoms with van der Waals surface area (Å²) >= 11 is 2.60. The Morgan fingerprint density at radius 1 is 1.17 bits per heavy atom. The van der Waals surface area contributed by atoms with Gasteiger partial charge in [0, 0.05) is 22.0 Å². The number of nitrogens with one attached hydrogen (secondary N) is 1. The number of benzene rings is 1. The summed E-state index contributed by atoms with van der Waals surface area (Å²) in [5.74, 6) is -0.473. The lowest BCUT2D eigenvalue weighted by Crippen LogP contribution is -2.46. The molecule has 0 unspecified atom stereocenters. The van der Waals surface area contributed by atoms with Crippen LogP contribution in [0.1, 0.15) is 58.2 Å². The van der Waals surface area contributed by atoms with E-state index in [4.69, 9.17) is 0 Å². The Morgan fingerprint density at radius 2 is 1.97 bits per heavy atom. The fraction of sp³-hybridized carbons (Fsp3) is 0.364. The molecule has 0 spiro atoms. The lowest BCUT2D eigenvalue weighted by molar-refractivity contribution is -0.123. The number of thiophene rings is 1. The van der Waals surface area contributed by atoms with Crippen molar-refractivity contribution in [1.29, 1.82) is 0 Å². The Morgan fingerprint density at radius 3 is 2.63 bits per heavy atom. The quantitative estimate of drug-likeness (QED) is 0.605. The van der Waals surface area contributed by atoms with E-state index in [0.717, 1.165) is 53.2 Å². The molecule has 2 heterocycles. The van der Waals surface area contributed by atoms with Gasteiger partial charge in [-0.15, -0.1) is 16.4 Å². The van der Waals surface area contributed by atoms with Crippen LogP contribution in [0.25, 0.3) is 0 Å². The Kier molecular flexibility index (Phi) is 6.24. The largest absolute Gasteiger partial charge is 0.351 e. The molecule has 8 heteroatoms. The maximum atomic E-state index is 13.6. The Labute approximate surface area is 184 Å². The van der Waals surface area contributed by atoms with E-state index < -0.39 is 6.04 Å². The molecule has 156 valence electrons. The van der Waals surface area contributed by atoms with Crippen molar-refractivity contribution in [2.24, 2.45) is 0 Å². The van der Waals surface area contributed by atoms with E-state index >= 15 is 0 Å². The van der Waals surface area contributed by atoms with E-state index in [1.807, 2.05) is 49.6 Å². The molecule has 3 aromatic rings. The number of carbonyl (C=O) groups excluding carboxylic acids is 2. The van der Waals surface area contributed by atoms with E-state index in [1.165, 1.54) is 11.3 Å². The third kappa shape index (κ3) is 4.15. The summed E-state index contributed by atoms with van der Waals surface area (Å²) in [6.07, 6.45) is 4.21. The highest BCUT2D eigenvalue weighted by Crippen LogP contribution is 2.35. The van der Waals surface area contributed by atoms with Crippen LogP contribution in [0.15, 0.2) is 41.1 Å². The van der Waals surface area contributed by atoms with Gasteiger partial charge in [-0.1, -0.05) is 35.5 Å². The fourth-order valence-electron chi connectivity index (χ4n) is 3.91.